The number of H-pyrrole nitrogens is 1. The fraction of sp³-hybridized carbons (Fsp3) is 0.421. The molecule has 1 aromatic heterocycles. The summed E-state index contributed by atoms with van der Waals surface area (Å²) in [4.78, 5) is 27.0. The number of hydrazone groups is 1. The number of hydrogen-bond donors (Lipinski definition) is 3. The molecule has 3 rings (SSSR count). The first-order chi connectivity index (χ1) is 12.6. The van der Waals surface area contributed by atoms with E-state index in [-0.39, 0.29) is 17.5 Å². The number of anilines is 1. The van der Waals surface area contributed by atoms with Crippen LogP contribution in [-0.4, -0.2) is 20.4 Å². The van der Waals surface area contributed by atoms with Crippen LogP contribution in [0.3, 0.4) is 0 Å². The molecule has 0 spiro atoms. The number of aromatic hydroxyl groups is 1. The number of aromatic amines is 1. The van der Waals surface area contributed by atoms with Crippen LogP contribution in [0.4, 0.5) is 5.69 Å². The molecule has 0 atom stereocenters. The van der Waals surface area contributed by atoms with Gasteiger partial charge in [-0.1, -0.05) is 44.4 Å². The summed E-state index contributed by atoms with van der Waals surface area (Å²) in [5.41, 5.74) is 2.95. The Morgan fingerprint density at radius 3 is 2.58 bits per heavy atom. The highest BCUT2D eigenvalue weighted by atomic mass is 16.3. The van der Waals surface area contributed by atoms with E-state index in [1.165, 1.54) is 4.57 Å². The van der Waals surface area contributed by atoms with Crippen LogP contribution in [-0.2, 0) is 0 Å². The lowest BCUT2D eigenvalue weighted by Gasteiger charge is -2.25. The van der Waals surface area contributed by atoms with Crippen LogP contribution in [0.5, 0.6) is 5.88 Å². The summed E-state index contributed by atoms with van der Waals surface area (Å²) in [6.45, 7) is 1.85. The molecule has 0 aliphatic heterocycles. The van der Waals surface area contributed by atoms with Gasteiger partial charge in [0.15, 0.2) is 0 Å². The largest absolute Gasteiger partial charge is 0.494 e. The maximum atomic E-state index is 12.4. The molecule has 1 aromatic carbocycles. The number of para-hydroxylation sites is 1. The van der Waals surface area contributed by atoms with E-state index >= 15 is 0 Å². The van der Waals surface area contributed by atoms with Gasteiger partial charge in [-0.2, -0.15) is 5.10 Å². The fourth-order valence-electron chi connectivity index (χ4n) is 3.43. The van der Waals surface area contributed by atoms with Crippen molar-refractivity contribution in [3.8, 4) is 5.88 Å². The average molecular weight is 356 g/mol. The normalized spacial score (nSPS) is 15.8. The summed E-state index contributed by atoms with van der Waals surface area (Å²) in [5.74, 6) is -0.291. The molecule has 26 heavy (non-hydrogen) atoms. The molecule has 1 saturated carbocycles. The molecule has 0 saturated heterocycles. The minimum Gasteiger partial charge on any atom is -0.494 e. The summed E-state index contributed by atoms with van der Waals surface area (Å²) < 4.78 is 1.32. The Kier molecular flexibility index (Phi) is 5.55. The zero-order chi connectivity index (χ0) is 18.5. The van der Waals surface area contributed by atoms with Gasteiger partial charge < -0.3 is 5.11 Å². The molecule has 2 aromatic rings. The molecule has 138 valence electrons. The van der Waals surface area contributed by atoms with Crippen molar-refractivity contribution in [3.63, 3.8) is 0 Å². The first kappa shape index (κ1) is 18.0. The molecule has 0 unspecified atom stereocenters. The lowest BCUT2D eigenvalue weighted by atomic mass is 9.95. The molecule has 1 heterocycles. The molecule has 7 nitrogen and oxygen atoms in total. The SMILES string of the molecule is CCC(=NNc1ccccc1)c1c(O)n(C2CCCCC2)c(=O)[nH]c1=O. The quantitative estimate of drug-likeness (QED) is 0.566. The third-order valence-corrected chi connectivity index (χ3v) is 4.78. The van der Waals surface area contributed by atoms with Gasteiger partial charge in [0.1, 0.15) is 5.56 Å². The maximum absolute atomic E-state index is 12.4. The van der Waals surface area contributed by atoms with Gasteiger partial charge in [0.05, 0.1) is 11.4 Å². The Labute approximate surface area is 151 Å². The zero-order valence-electron chi connectivity index (χ0n) is 14.9. The van der Waals surface area contributed by atoms with Crippen LogP contribution in [0.25, 0.3) is 0 Å². The molecule has 1 aliphatic carbocycles. The van der Waals surface area contributed by atoms with Crippen LogP contribution < -0.4 is 16.7 Å². The monoisotopic (exact) mass is 356 g/mol. The van der Waals surface area contributed by atoms with Gasteiger partial charge in [0.2, 0.25) is 5.88 Å². The summed E-state index contributed by atoms with van der Waals surface area (Å²) in [5, 5.41) is 15.0. The van der Waals surface area contributed by atoms with Crippen molar-refractivity contribution in [3.05, 3.63) is 56.7 Å². The molecular formula is C19H24N4O3. The van der Waals surface area contributed by atoms with Gasteiger partial charge in [-0.25, -0.2) is 4.79 Å². The molecule has 1 aliphatic rings. The van der Waals surface area contributed by atoms with E-state index in [1.54, 1.807) is 0 Å². The standard InChI is InChI=1S/C19H24N4O3/c1-2-15(22-21-13-9-5-3-6-10-13)16-17(24)20-19(26)23(18(16)25)14-11-7-4-8-12-14/h3,5-6,9-10,14,21,25H,2,4,7-8,11-12H2,1H3,(H,20,24,26). The van der Waals surface area contributed by atoms with Crippen molar-refractivity contribution < 1.29 is 5.11 Å². The van der Waals surface area contributed by atoms with E-state index in [0.29, 0.717) is 12.1 Å². The Morgan fingerprint density at radius 2 is 1.92 bits per heavy atom. The number of hydrogen-bond acceptors (Lipinski definition) is 5. The second kappa shape index (κ2) is 8.03. The smallest absolute Gasteiger partial charge is 0.331 e. The number of benzene rings is 1. The van der Waals surface area contributed by atoms with Crippen molar-refractivity contribution >= 4 is 11.4 Å². The second-order valence-electron chi connectivity index (χ2n) is 6.51. The molecule has 0 bridgehead atoms. The molecule has 0 amide bonds. The Morgan fingerprint density at radius 1 is 1.23 bits per heavy atom. The van der Waals surface area contributed by atoms with Crippen molar-refractivity contribution in [1.82, 2.24) is 9.55 Å². The van der Waals surface area contributed by atoms with Crippen molar-refractivity contribution in [1.29, 1.82) is 0 Å². The summed E-state index contributed by atoms with van der Waals surface area (Å²) in [6, 6.07) is 9.25. The fourth-order valence-corrected chi connectivity index (χ4v) is 3.43. The van der Waals surface area contributed by atoms with E-state index in [0.717, 1.165) is 37.8 Å². The topological polar surface area (TPSA) is 99.5 Å². The van der Waals surface area contributed by atoms with Gasteiger partial charge in [-0.3, -0.25) is 19.8 Å². The van der Waals surface area contributed by atoms with Crippen LogP contribution in [0.15, 0.2) is 45.0 Å². The summed E-state index contributed by atoms with van der Waals surface area (Å²) in [6.07, 6.45) is 5.22. The highest BCUT2D eigenvalue weighted by molar-refractivity contribution is 6.02. The predicted molar refractivity (Wildman–Crippen MR) is 102 cm³/mol. The Hall–Kier alpha value is -2.83. The number of aromatic nitrogens is 2. The molecule has 1 fully saturated rings. The molecule has 0 radical (unpaired) electrons. The van der Waals surface area contributed by atoms with E-state index < -0.39 is 11.2 Å². The molecule has 3 N–H and O–H groups in total. The van der Waals surface area contributed by atoms with Crippen LogP contribution in [0, 0.1) is 0 Å². The molecular weight excluding hydrogens is 332 g/mol. The average Bonchev–Trinajstić information content (AvgIpc) is 2.65. The highest BCUT2D eigenvalue weighted by Crippen LogP contribution is 2.30. The van der Waals surface area contributed by atoms with Gasteiger partial charge >= 0.3 is 5.69 Å². The van der Waals surface area contributed by atoms with E-state index in [1.807, 2.05) is 37.3 Å². The lowest BCUT2D eigenvalue weighted by Crippen LogP contribution is -2.36. The summed E-state index contributed by atoms with van der Waals surface area (Å²) >= 11 is 0. The van der Waals surface area contributed by atoms with Crippen LogP contribution >= 0.6 is 0 Å². The van der Waals surface area contributed by atoms with Crippen molar-refractivity contribution in [2.24, 2.45) is 5.10 Å². The van der Waals surface area contributed by atoms with Gasteiger partial charge in [0.25, 0.3) is 5.56 Å². The van der Waals surface area contributed by atoms with E-state index in [4.69, 9.17) is 0 Å². The van der Waals surface area contributed by atoms with E-state index in [9.17, 15) is 14.7 Å². The lowest BCUT2D eigenvalue weighted by molar-refractivity contribution is 0.298. The third kappa shape index (κ3) is 3.71. The summed E-state index contributed by atoms with van der Waals surface area (Å²) in [7, 11) is 0. The first-order valence-electron chi connectivity index (χ1n) is 9.07. The van der Waals surface area contributed by atoms with Crippen molar-refractivity contribution in [2.75, 3.05) is 5.43 Å². The van der Waals surface area contributed by atoms with Crippen LogP contribution in [0.1, 0.15) is 57.1 Å². The predicted octanol–water partition coefficient (Wildman–Crippen LogP) is 2.97. The van der Waals surface area contributed by atoms with Crippen molar-refractivity contribution in [2.45, 2.75) is 51.5 Å². The van der Waals surface area contributed by atoms with Gasteiger partial charge in [-0.15, -0.1) is 0 Å². The zero-order valence-corrected chi connectivity index (χ0v) is 14.9. The second-order valence-corrected chi connectivity index (χ2v) is 6.51. The van der Waals surface area contributed by atoms with Gasteiger partial charge in [0, 0.05) is 6.04 Å². The maximum Gasteiger partial charge on any atom is 0.331 e. The third-order valence-electron chi connectivity index (χ3n) is 4.78. The van der Waals surface area contributed by atoms with Crippen LogP contribution in [0.2, 0.25) is 0 Å². The minimum atomic E-state index is -0.616. The number of nitrogens with one attached hydrogen (secondary N) is 2. The first-order valence-corrected chi connectivity index (χ1v) is 9.07. The minimum absolute atomic E-state index is 0.0566. The van der Waals surface area contributed by atoms with E-state index in [2.05, 4.69) is 15.5 Å². The number of nitrogens with zero attached hydrogens (tertiary/aromatic N) is 2. The highest BCUT2D eigenvalue weighted by Gasteiger charge is 2.24. The molecule has 7 heteroatoms. The Bertz CT molecular complexity index is 893. The number of rotatable bonds is 5. The van der Waals surface area contributed by atoms with Gasteiger partial charge in [-0.05, 0) is 31.4 Å². The Balaban J connectivity index is 2.02.